The number of thiophene rings is 1. The molecule has 0 saturated carbocycles. The van der Waals surface area contributed by atoms with Gasteiger partial charge in [-0.3, -0.25) is 19.2 Å². The van der Waals surface area contributed by atoms with Crippen LogP contribution in [0.2, 0.25) is 0 Å². The lowest BCUT2D eigenvalue weighted by Gasteiger charge is -2.31. The number of nitrogens with one attached hydrogen (secondary N) is 1. The Hall–Kier alpha value is -2.26. The van der Waals surface area contributed by atoms with Gasteiger partial charge in [0.1, 0.15) is 18.7 Å². The number of hydrogen-bond acceptors (Lipinski definition) is 6. The van der Waals surface area contributed by atoms with Crippen LogP contribution in [0.3, 0.4) is 0 Å². The Labute approximate surface area is 168 Å². The molecule has 4 atom stereocenters. The minimum Gasteiger partial charge on any atom is -0.367 e. The first-order valence-electron chi connectivity index (χ1n) is 9.16. The molecule has 3 amide bonds. The van der Waals surface area contributed by atoms with Gasteiger partial charge in [-0.15, -0.1) is 0 Å². The standard InChI is InChI=1S/C19H27N3O5S/c1-10(2)11(3)7-13(21-18(25)12-5-6-28-9-12)19(26)22(4)15-14(23)8-27-16(15)17(20)24/h5-6,9-11,13,15-16H,7-8H2,1-4H3,(H2,20,24)(H,21,25). The molecule has 0 spiro atoms. The van der Waals surface area contributed by atoms with Crippen LogP contribution in [0, 0.1) is 11.8 Å². The van der Waals surface area contributed by atoms with Crippen LogP contribution in [-0.2, 0) is 19.1 Å². The Morgan fingerprint density at radius 2 is 2.04 bits per heavy atom. The van der Waals surface area contributed by atoms with Crippen molar-refractivity contribution in [2.75, 3.05) is 13.7 Å². The van der Waals surface area contributed by atoms with Crippen molar-refractivity contribution >= 4 is 34.8 Å². The zero-order valence-corrected chi connectivity index (χ0v) is 17.3. The average Bonchev–Trinajstić information content (AvgIpc) is 3.29. The van der Waals surface area contributed by atoms with Crippen LogP contribution in [0.1, 0.15) is 37.6 Å². The van der Waals surface area contributed by atoms with Crippen molar-refractivity contribution in [3.05, 3.63) is 22.4 Å². The second-order valence-electron chi connectivity index (χ2n) is 7.49. The van der Waals surface area contributed by atoms with Crippen LogP contribution >= 0.6 is 11.3 Å². The van der Waals surface area contributed by atoms with E-state index in [-0.39, 0.29) is 24.2 Å². The predicted octanol–water partition coefficient (Wildman–Crippen LogP) is 0.809. The van der Waals surface area contributed by atoms with Gasteiger partial charge in [-0.1, -0.05) is 20.8 Å². The Balaban J connectivity index is 2.22. The number of nitrogens with zero attached hydrogens (tertiary/aromatic N) is 1. The maximum atomic E-state index is 13.2. The van der Waals surface area contributed by atoms with E-state index in [0.29, 0.717) is 17.9 Å². The molecule has 3 N–H and O–H groups in total. The summed E-state index contributed by atoms with van der Waals surface area (Å²) in [4.78, 5) is 50.6. The van der Waals surface area contributed by atoms with Crippen LogP contribution in [-0.4, -0.2) is 60.2 Å². The third-order valence-corrected chi connectivity index (χ3v) is 5.88. The summed E-state index contributed by atoms with van der Waals surface area (Å²) in [7, 11) is 1.43. The van der Waals surface area contributed by atoms with Crippen molar-refractivity contribution in [2.45, 2.75) is 45.4 Å². The van der Waals surface area contributed by atoms with Crippen molar-refractivity contribution < 1.29 is 23.9 Å². The van der Waals surface area contributed by atoms with Crippen LogP contribution in [0.4, 0.5) is 0 Å². The highest BCUT2D eigenvalue weighted by molar-refractivity contribution is 7.08. The van der Waals surface area contributed by atoms with E-state index in [4.69, 9.17) is 10.5 Å². The SMILES string of the molecule is CC(C)C(C)CC(NC(=O)c1ccsc1)C(=O)N(C)C1C(=O)COC1C(N)=O. The summed E-state index contributed by atoms with van der Waals surface area (Å²) < 4.78 is 5.15. The van der Waals surface area contributed by atoms with Crippen molar-refractivity contribution in [3.8, 4) is 0 Å². The fourth-order valence-electron chi connectivity index (χ4n) is 3.06. The third-order valence-electron chi connectivity index (χ3n) is 5.20. The van der Waals surface area contributed by atoms with Gasteiger partial charge in [-0.05, 0) is 29.7 Å². The summed E-state index contributed by atoms with van der Waals surface area (Å²) >= 11 is 1.38. The Bertz CT molecular complexity index is 734. The lowest BCUT2D eigenvalue weighted by atomic mass is 9.90. The summed E-state index contributed by atoms with van der Waals surface area (Å²) in [6, 6.07) is -0.245. The normalized spacial score (nSPS) is 21.4. The molecule has 9 heteroatoms. The number of rotatable bonds is 8. The highest BCUT2D eigenvalue weighted by Gasteiger charge is 2.45. The third kappa shape index (κ3) is 4.96. The molecule has 1 saturated heterocycles. The van der Waals surface area contributed by atoms with E-state index in [0.717, 1.165) is 0 Å². The Kier molecular flexibility index (Phi) is 7.31. The summed E-state index contributed by atoms with van der Waals surface area (Å²) in [6.07, 6.45) is -0.781. The maximum absolute atomic E-state index is 13.2. The molecule has 1 aromatic heterocycles. The number of likely N-dealkylation sites (N-methyl/N-ethyl adjacent to an activating group) is 1. The van der Waals surface area contributed by atoms with Crippen molar-refractivity contribution in [2.24, 2.45) is 17.6 Å². The molecule has 2 rings (SSSR count). The molecule has 0 radical (unpaired) electrons. The molecule has 0 bridgehead atoms. The maximum Gasteiger partial charge on any atom is 0.252 e. The lowest BCUT2D eigenvalue weighted by molar-refractivity contribution is -0.141. The van der Waals surface area contributed by atoms with Gasteiger partial charge < -0.3 is 20.7 Å². The molecule has 1 aromatic rings. The Morgan fingerprint density at radius 1 is 1.36 bits per heavy atom. The fraction of sp³-hybridized carbons (Fsp3) is 0.579. The van der Waals surface area contributed by atoms with E-state index in [9.17, 15) is 19.2 Å². The van der Waals surface area contributed by atoms with Crippen LogP contribution in [0.5, 0.6) is 0 Å². The van der Waals surface area contributed by atoms with E-state index >= 15 is 0 Å². The molecule has 154 valence electrons. The molecular weight excluding hydrogens is 382 g/mol. The highest BCUT2D eigenvalue weighted by atomic mass is 32.1. The van der Waals surface area contributed by atoms with Gasteiger partial charge >= 0.3 is 0 Å². The molecule has 1 aliphatic heterocycles. The fourth-order valence-corrected chi connectivity index (χ4v) is 3.69. The minimum absolute atomic E-state index is 0.146. The molecule has 1 fully saturated rings. The largest absolute Gasteiger partial charge is 0.367 e. The van der Waals surface area contributed by atoms with Crippen LogP contribution < -0.4 is 11.1 Å². The lowest BCUT2D eigenvalue weighted by Crippen LogP contribution is -2.56. The van der Waals surface area contributed by atoms with E-state index < -0.39 is 30.0 Å². The summed E-state index contributed by atoms with van der Waals surface area (Å²) in [5.74, 6) is -1.55. The van der Waals surface area contributed by atoms with Gasteiger partial charge in [0.2, 0.25) is 11.8 Å². The second-order valence-corrected chi connectivity index (χ2v) is 8.27. The van der Waals surface area contributed by atoms with Crippen molar-refractivity contribution in [3.63, 3.8) is 0 Å². The van der Waals surface area contributed by atoms with Gasteiger partial charge in [0.25, 0.3) is 5.91 Å². The molecule has 2 heterocycles. The number of Topliss-reactive ketones (excluding diaryl/α,β-unsaturated/α-hetero) is 1. The molecule has 28 heavy (non-hydrogen) atoms. The first kappa shape index (κ1) is 22.0. The first-order chi connectivity index (χ1) is 13.1. The number of hydrogen-bond donors (Lipinski definition) is 2. The zero-order chi connectivity index (χ0) is 21.0. The molecule has 4 unspecified atom stereocenters. The van der Waals surface area contributed by atoms with Crippen LogP contribution in [0.15, 0.2) is 16.8 Å². The number of carbonyl (C=O) groups is 4. The molecule has 0 aliphatic carbocycles. The molecule has 1 aliphatic rings. The van der Waals surface area contributed by atoms with Crippen molar-refractivity contribution in [1.82, 2.24) is 10.2 Å². The number of carbonyl (C=O) groups excluding carboxylic acids is 4. The monoisotopic (exact) mass is 409 g/mol. The van der Waals surface area contributed by atoms with Gasteiger partial charge in [0.15, 0.2) is 11.9 Å². The summed E-state index contributed by atoms with van der Waals surface area (Å²) in [5.41, 5.74) is 5.78. The van der Waals surface area contributed by atoms with E-state index in [1.807, 2.05) is 20.8 Å². The number of amides is 3. The molecule has 8 nitrogen and oxygen atoms in total. The Morgan fingerprint density at radius 3 is 2.57 bits per heavy atom. The number of nitrogens with two attached hydrogens (primary N) is 1. The van der Waals surface area contributed by atoms with E-state index in [1.165, 1.54) is 23.3 Å². The number of primary amides is 1. The molecule has 0 aromatic carbocycles. The quantitative estimate of drug-likeness (QED) is 0.659. The average molecular weight is 410 g/mol. The van der Waals surface area contributed by atoms with Crippen LogP contribution in [0.25, 0.3) is 0 Å². The smallest absolute Gasteiger partial charge is 0.252 e. The summed E-state index contributed by atoms with van der Waals surface area (Å²) in [5, 5.41) is 6.25. The van der Waals surface area contributed by atoms with Gasteiger partial charge in [-0.25, -0.2) is 0 Å². The highest BCUT2D eigenvalue weighted by Crippen LogP contribution is 2.21. The second kappa shape index (κ2) is 9.29. The van der Waals surface area contributed by atoms with Crippen molar-refractivity contribution in [1.29, 1.82) is 0 Å². The number of ketones is 1. The van der Waals surface area contributed by atoms with E-state index in [2.05, 4.69) is 5.32 Å². The van der Waals surface area contributed by atoms with Gasteiger partial charge in [0, 0.05) is 12.4 Å². The molecular formula is C19H27N3O5S. The summed E-state index contributed by atoms with van der Waals surface area (Å²) in [6.45, 7) is 5.80. The van der Waals surface area contributed by atoms with Gasteiger partial charge in [-0.2, -0.15) is 11.3 Å². The van der Waals surface area contributed by atoms with E-state index in [1.54, 1.807) is 16.8 Å². The topological polar surface area (TPSA) is 119 Å². The zero-order valence-electron chi connectivity index (χ0n) is 16.5. The van der Waals surface area contributed by atoms with Gasteiger partial charge in [0.05, 0.1) is 5.56 Å². The number of ether oxygens (including phenoxy) is 1. The predicted molar refractivity (Wildman–Crippen MR) is 105 cm³/mol. The minimum atomic E-state index is -1.18. The first-order valence-corrected chi connectivity index (χ1v) is 10.1.